The van der Waals surface area contributed by atoms with Gasteiger partial charge >= 0.3 is 0 Å². The summed E-state index contributed by atoms with van der Waals surface area (Å²) in [6.45, 7) is 5.56. The third kappa shape index (κ3) is 2.65. The molecule has 0 aromatic carbocycles. The Balaban J connectivity index is 2.99. The topological polar surface area (TPSA) is 0 Å². The highest BCUT2D eigenvalue weighted by molar-refractivity contribution is 5.30. The van der Waals surface area contributed by atoms with Gasteiger partial charge in [-0.25, -0.2) is 4.39 Å². The van der Waals surface area contributed by atoms with Crippen LogP contribution in [0.1, 0.15) is 27.2 Å². The Labute approximate surface area is 73.5 Å². The molecule has 1 heteroatoms. The second kappa shape index (κ2) is 3.26. The Morgan fingerprint density at radius 3 is 2.75 bits per heavy atom. The molecule has 0 aromatic rings. The molecule has 0 nitrogen and oxygen atoms in total. The van der Waals surface area contributed by atoms with E-state index in [-0.39, 0.29) is 0 Å². The fourth-order valence-electron chi connectivity index (χ4n) is 1.46. The van der Waals surface area contributed by atoms with E-state index in [0.717, 1.165) is 12.0 Å². The summed E-state index contributed by atoms with van der Waals surface area (Å²) < 4.78 is 13.5. The Morgan fingerprint density at radius 2 is 2.08 bits per heavy atom. The second-order valence-corrected chi connectivity index (χ2v) is 3.64. The minimum atomic E-state index is -1.28. The van der Waals surface area contributed by atoms with Gasteiger partial charge in [0.1, 0.15) is 5.67 Å². The van der Waals surface area contributed by atoms with Crippen molar-refractivity contribution in [3.63, 3.8) is 0 Å². The van der Waals surface area contributed by atoms with Gasteiger partial charge in [-0.05, 0) is 39.3 Å². The molecule has 1 aliphatic carbocycles. The van der Waals surface area contributed by atoms with Gasteiger partial charge in [-0.2, -0.15) is 0 Å². The maximum atomic E-state index is 13.5. The predicted octanol–water partition coefficient (Wildman–Crippen LogP) is 3.57. The highest BCUT2D eigenvalue weighted by Gasteiger charge is 2.15. The monoisotopic (exact) mass is 166 g/mol. The number of hydrogen-bond donors (Lipinski definition) is 0. The largest absolute Gasteiger partial charge is 0.235 e. The molecule has 0 radical (unpaired) electrons. The molecule has 0 N–H and O–H groups in total. The molecule has 1 rings (SSSR count). The summed E-state index contributed by atoms with van der Waals surface area (Å²) in [7, 11) is 0. The van der Waals surface area contributed by atoms with Gasteiger partial charge < -0.3 is 0 Å². The highest BCUT2D eigenvalue weighted by atomic mass is 19.1. The van der Waals surface area contributed by atoms with Crippen LogP contribution >= 0.6 is 0 Å². The predicted molar refractivity (Wildman–Crippen MR) is 50.8 cm³/mol. The van der Waals surface area contributed by atoms with Crippen molar-refractivity contribution in [3.05, 3.63) is 35.5 Å². The molecule has 1 unspecified atom stereocenters. The Morgan fingerprint density at radius 1 is 1.42 bits per heavy atom. The quantitative estimate of drug-likeness (QED) is 0.482. The van der Waals surface area contributed by atoms with Crippen LogP contribution in [0.3, 0.4) is 0 Å². The Bertz CT molecular complexity index is 254. The lowest BCUT2D eigenvalue weighted by atomic mass is 9.99. The molecule has 0 heterocycles. The number of halogens is 1. The molecule has 0 amide bonds. The van der Waals surface area contributed by atoms with Gasteiger partial charge in [0.25, 0.3) is 0 Å². The van der Waals surface area contributed by atoms with Crippen LogP contribution < -0.4 is 0 Å². The fourth-order valence-corrected chi connectivity index (χ4v) is 1.46. The maximum Gasteiger partial charge on any atom is 0.145 e. The van der Waals surface area contributed by atoms with Gasteiger partial charge in [-0.15, -0.1) is 0 Å². The molecule has 1 aliphatic rings. The van der Waals surface area contributed by atoms with Crippen LogP contribution in [0.5, 0.6) is 0 Å². The molecule has 0 aliphatic heterocycles. The normalized spacial score (nSPS) is 37.3. The van der Waals surface area contributed by atoms with Crippen molar-refractivity contribution in [1.29, 1.82) is 0 Å². The van der Waals surface area contributed by atoms with Crippen LogP contribution in [-0.4, -0.2) is 5.67 Å². The van der Waals surface area contributed by atoms with E-state index in [0.29, 0.717) is 0 Å². The van der Waals surface area contributed by atoms with Crippen LogP contribution in [0.2, 0.25) is 0 Å². The third-order valence-corrected chi connectivity index (χ3v) is 1.87. The summed E-state index contributed by atoms with van der Waals surface area (Å²) >= 11 is 0. The molecule has 12 heavy (non-hydrogen) atoms. The first kappa shape index (κ1) is 9.24. The fraction of sp³-hybridized carbons (Fsp3) is 0.455. The number of rotatable bonds is 0. The van der Waals surface area contributed by atoms with Crippen molar-refractivity contribution in [1.82, 2.24) is 0 Å². The van der Waals surface area contributed by atoms with Gasteiger partial charge in [0, 0.05) is 0 Å². The van der Waals surface area contributed by atoms with E-state index in [4.69, 9.17) is 0 Å². The zero-order valence-corrected chi connectivity index (χ0v) is 7.89. The van der Waals surface area contributed by atoms with Crippen LogP contribution in [0.15, 0.2) is 35.5 Å². The molecular weight excluding hydrogens is 151 g/mol. The highest BCUT2D eigenvalue weighted by Crippen LogP contribution is 2.21. The molecule has 0 fully saturated rings. The average Bonchev–Trinajstić information content (AvgIpc) is 1.81. The minimum absolute atomic E-state index is 0.852. The zero-order valence-electron chi connectivity index (χ0n) is 7.89. The third-order valence-electron chi connectivity index (χ3n) is 1.87. The summed E-state index contributed by atoms with van der Waals surface area (Å²) in [4.78, 5) is 0. The second-order valence-electron chi connectivity index (χ2n) is 3.64. The standard InChI is InChI=1S/C11H15F/c1-9-5-4-6-11(3,12)8-10(2)7-9/h4,6-8H,5H2,1-3H3/b6-4-,9-7?,10-8-. The van der Waals surface area contributed by atoms with Crippen molar-refractivity contribution in [2.24, 2.45) is 0 Å². The molecule has 0 aromatic heterocycles. The Hall–Kier alpha value is -0.850. The van der Waals surface area contributed by atoms with E-state index in [9.17, 15) is 4.39 Å². The van der Waals surface area contributed by atoms with Crippen LogP contribution in [-0.2, 0) is 0 Å². The number of allylic oxidation sites excluding steroid dienone is 6. The molecule has 0 bridgehead atoms. The lowest BCUT2D eigenvalue weighted by molar-refractivity contribution is 0.326. The zero-order chi connectivity index (χ0) is 9.19. The van der Waals surface area contributed by atoms with Crippen LogP contribution in [0, 0.1) is 0 Å². The lowest BCUT2D eigenvalue weighted by Gasteiger charge is -2.13. The van der Waals surface area contributed by atoms with E-state index < -0.39 is 5.67 Å². The molecular formula is C11H15F. The van der Waals surface area contributed by atoms with Crippen molar-refractivity contribution >= 4 is 0 Å². The van der Waals surface area contributed by atoms with Gasteiger partial charge in [0.15, 0.2) is 0 Å². The smallest absolute Gasteiger partial charge is 0.145 e. The summed E-state index contributed by atoms with van der Waals surface area (Å²) in [6.07, 6.45) is 8.03. The minimum Gasteiger partial charge on any atom is -0.235 e. The van der Waals surface area contributed by atoms with Crippen molar-refractivity contribution in [2.45, 2.75) is 32.9 Å². The average molecular weight is 166 g/mol. The van der Waals surface area contributed by atoms with E-state index in [1.54, 1.807) is 19.1 Å². The first-order chi connectivity index (χ1) is 5.49. The van der Waals surface area contributed by atoms with Crippen molar-refractivity contribution in [3.8, 4) is 0 Å². The van der Waals surface area contributed by atoms with Gasteiger partial charge in [-0.3, -0.25) is 0 Å². The first-order valence-corrected chi connectivity index (χ1v) is 4.23. The van der Waals surface area contributed by atoms with Crippen LogP contribution in [0.25, 0.3) is 0 Å². The summed E-state index contributed by atoms with van der Waals surface area (Å²) in [5.41, 5.74) is 0.999. The summed E-state index contributed by atoms with van der Waals surface area (Å²) in [6, 6.07) is 0. The summed E-state index contributed by atoms with van der Waals surface area (Å²) in [5.74, 6) is 0. The molecule has 0 saturated heterocycles. The van der Waals surface area contributed by atoms with E-state index in [1.165, 1.54) is 5.57 Å². The van der Waals surface area contributed by atoms with Gasteiger partial charge in [0.2, 0.25) is 0 Å². The number of alkyl halides is 1. The summed E-state index contributed by atoms with van der Waals surface area (Å²) in [5, 5.41) is 0. The Kier molecular flexibility index (Phi) is 2.51. The molecule has 66 valence electrons. The lowest BCUT2D eigenvalue weighted by Crippen LogP contribution is -2.11. The van der Waals surface area contributed by atoms with Crippen molar-refractivity contribution < 1.29 is 4.39 Å². The van der Waals surface area contributed by atoms with E-state index in [2.05, 4.69) is 6.92 Å². The van der Waals surface area contributed by atoms with E-state index >= 15 is 0 Å². The SMILES string of the molecule is CC1=C/C(C)=C\C(C)(F)/C=C\C1. The molecule has 1 atom stereocenters. The molecule has 0 spiro atoms. The molecule has 0 saturated carbocycles. The first-order valence-electron chi connectivity index (χ1n) is 4.23. The van der Waals surface area contributed by atoms with E-state index in [1.807, 2.05) is 19.1 Å². The van der Waals surface area contributed by atoms with Gasteiger partial charge in [-0.1, -0.05) is 23.3 Å². The van der Waals surface area contributed by atoms with Crippen LogP contribution in [0.4, 0.5) is 4.39 Å². The van der Waals surface area contributed by atoms with Crippen molar-refractivity contribution in [2.75, 3.05) is 0 Å². The number of hydrogen-bond acceptors (Lipinski definition) is 0. The maximum absolute atomic E-state index is 13.5. The van der Waals surface area contributed by atoms with Gasteiger partial charge in [0.05, 0.1) is 0 Å².